The van der Waals surface area contributed by atoms with Gasteiger partial charge in [0.15, 0.2) is 6.29 Å². The first-order valence-electron chi connectivity index (χ1n) is 33.1. The van der Waals surface area contributed by atoms with Crippen molar-refractivity contribution in [3.63, 3.8) is 0 Å². The first kappa shape index (κ1) is 69.2. The van der Waals surface area contributed by atoms with Gasteiger partial charge in [-0.2, -0.15) is 0 Å². The van der Waals surface area contributed by atoms with Crippen LogP contribution in [0.15, 0.2) is 48.5 Å². The summed E-state index contributed by atoms with van der Waals surface area (Å²) in [6, 6.07) is 17.8. The van der Waals surface area contributed by atoms with Crippen LogP contribution in [0.2, 0.25) is 0 Å². The van der Waals surface area contributed by atoms with Crippen LogP contribution in [0.25, 0.3) is 11.1 Å². The standard InChI is InChI=1S/C69H117N3O11P/c1-16-59-69(10,78)62(74)49(6)72(39-29-17-18-30-40-84(51-31-21-19-22-32-51,52-33-23-20-24-34-52)58-38-28-26-36-54(58)53-35-25-27-37-55(53)70(11)12)44-45(2)42-67(8,77)64(83-66-61(73)56(71(13)14)41-46(3)80-66)47(4)60(48(5)65(76)82-59)57-43-68(9,79-15)63(75)50(7)81-57/h25-28,35-38,45-52,56-57,59-64,66,73-75,77-78H,16-24,29-34,39-44H2,1-15H3/q+1/t45-,46-,47+,48-,49-,50+,56+,57-,59-,60?,61-,62-,63+,64-,66+,67-,68-,69-/m1/s1. The number of para-hydroxylation sites is 1. The topological polar surface area (TPSA) is 174 Å². The van der Waals surface area contributed by atoms with Crippen molar-refractivity contribution in [2.75, 3.05) is 59.5 Å². The van der Waals surface area contributed by atoms with Gasteiger partial charge in [0.25, 0.3) is 0 Å². The van der Waals surface area contributed by atoms with E-state index in [0.29, 0.717) is 19.5 Å². The van der Waals surface area contributed by atoms with E-state index in [0.717, 1.165) is 30.6 Å². The summed E-state index contributed by atoms with van der Waals surface area (Å²) < 4.78 is 32.7. The molecule has 2 saturated carbocycles. The molecule has 5 aliphatic rings. The molecule has 0 amide bonds. The van der Waals surface area contributed by atoms with Crippen molar-refractivity contribution in [1.82, 2.24) is 9.80 Å². The summed E-state index contributed by atoms with van der Waals surface area (Å²) >= 11 is 0. The summed E-state index contributed by atoms with van der Waals surface area (Å²) in [4.78, 5) is 21.5. The lowest BCUT2D eigenvalue weighted by Crippen LogP contribution is -2.61. The summed E-state index contributed by atoms with van der Waals surface area (Å²) in [7, 11) is 8.07. The number of nitrogens with zero attached hydrogens (tertiary/aromatic N) is 3. The quantitative estimate of drug-likeness (QED) is 0.0542. The Hall–Kier alpha value is -2.30. The number of hydrogen-bond acceptors (Lipinski definition) is 14. The van der Waals surface area contributed by atoms with Crippen LogP contribution >= 0.6 is 7.26 Å². The molecule has 0 radical (unpaired) electrons. The maximum absolute atomic E-state index is 15.0. The molecule has 2 aliphatic carbocycles. The highest BCUT2D eigenvalue weighted by Crippen LogP contribution is 2.72. The lowest BCUT2D eigenvalue weighted by Gasteiger charge is -2.51. The third-order valence-corrected chi connectivity index (χ3v) is 27.6. The lowest BCUT2D eigenvalue weighted by molar-refractivity contribution is -0.302. The van der Waals surface area contributed by atoms with Gasteiger partial charge in [0.05, 0.1) is 66.3 Å². The number of carbonyl (C=O) groups is 1. The number of likely N-dealkylation sites (N-methyl/N-ethyl adjacent to an activating group) is 1. The minimum atomic E-state index is -1.83. The van der Waals surface area contributed by atoms with E-state index in [1.165, 1.54) is 93.6 Å². The van der Waals surface area contributed by atoms with Gasteiger partial charge in [-0.05, 0) is 176 Å². The monoisotopic (exact) mass is 1190 g/mol. The number of carbonyl (C=O) groups excluding carboxylic acids is 1. The third-order valence-electron chi connectivity index (χ3n) is 21.6. The molecule has 7 rings (SSSR count). The number of esters is 1. The number of hydrogen-bond donors (Lipinski definition) is 5. The van der Waals surface area contributed by atoms with Crippen molar-refractivity contribution in [2.24, 2.45) is 23.7 Å². The number of unbranched alkanes of at least 4 members (excludes halogenated alkanes) is 3. The Kier molecular flexibility index (Phi) is 24.7. The highest BCUT2D eigenvalue weighted by atomic mass is 31.2. The van der Waals surface area contributed by atoms with E-state index < -0.39 is 103 Å². The second-order valence-corrected chi connectivity index (χ2v) is 32.6. The van der Waals surface area contributed by atoms with E-state index in [2.05, 4.69) is 79.3 Å². The molecular formula is C69H117N3O11P+. The molecule has 3 aliphatic heterocycles. The fraction of sp³-hybridized carbons (Fsp3) is 0.812. The van der Waals surface area contributed by atoms with Crippen LogP contribution in [0, 0.1) is 23.7 Å². The molecule has 2 aromatic carbocycles. The van der Waals surface area contributed by atoms with Gasteiger partial charge in [0.1, 0.15) is 35.3 Å². The Balaban J connectivity index is 1.20. The second kappa shape index (κ2) is 30.0. The Morgan fingerprint density at radius 1 is 0.750 bits per heavy atom. The highest BCUT2D eigenvalue weighted by Gasteiger charge is 2.57. The first-order chi connectivity index (χ1) is 39.7. The number of methoxy groups -OCH3 is 1. The van der Waals surface area contributed by atoms with Gasteiger partial charge in [-0.25, -0.2) is 0 Å². The number of cyclic esters (lactones) is 1. The second-order valence-electron chi connectivity index (χ2n) is 28.4. The summed E-state index contributed by atoms with van der Waals surface area (Å²) in [5.74, 6) is -2.98. The van der Waals surface area contributed by atoms with Crippen LogP contribution in [0.5, 0.6) is 0 Å². The Labute approximate surface area is 508 Å². The molecule has 15 heteroatoms. The fourth-order valence-corrected chi connectivity index (χ4v) is 23.6. The maximum atomic E-state index is 15.0. The number of aliphatic hydroxyl groups is 5. The molecule has 1 unspecified atom stereocenters. The molecule has 2 aromatic rings. The fourth-order valence-electron chi connectivity index (χ4n) is 16.9. The summed E-state index contributed by atoms with van der Waals surface area (Å²) in [5.41, 5.74) is 1.12. The number of aliphatic hydroxyl groups excluding tert-OH is 3. The molecule has 3 heterocycles. The minimum Gasteiger partial charge on any atom is -0.459 e. The third kappa shape index (κ3) is 15.5. The van der Waals surface area contributed by atoms with Crippen molar-refractivity contribution < 1.29 is 54.0 Å². The molecule has 0 bridgehead atoms. The Morgan fingerprint density at radius 2 is 1.35 bits per heavy atom. The molecular weight excluding hydrogens is 1080 g/mol. The number of rotatable bonds is 18. The van der Waals surface area contributed by atoms with E-state index in [4.69, 9.17) is 23.7 Å². The van der Waals surface area contributed by atoms with Crippen molar-refractivity contribution in [1.29, 1.82) is 0 Å². The predicted octanol–water partition coefficient (Wildman–Crippen LogP) is 10.8. The Bertz CT molecular complexity index is 2330. The number of ether oxygens (including phenoxy) is 5. The van der Waals surface area contributed by atoms with Gasteiger partial charge in [0, 0.05) is 69.0 Å². The van der Waals surface area contributed by atoms with Crippen molar-refractivity contribution in [3.05, 3.63) is 48.5 Å². The van der Waals surface area contributed by atoms with Crippen molar-refractivity contribution in [3.8, 4) is 11.1 Å². The van der Waals surface area contributed by atoms with E-state index in [9.17, 15) is 30.3 Å². The highest BCUT2D eigenvalue weighted by molar-refractivity contribution is 7.84. The molecule has 3 saturated heterocycles. The SMILES string of the molecule is CC[C@H]1OC(=O)[C@H](C)C([C@H]2C[C@@](C)(OC)[C@@H](O)[C@H](C)O2)[C@H](C)[C@@H](O[C@@H]2O[C@H](C)C[C@H](N(C)C)[C@H]2O)[C@](C)(O)C[C@@H](C)CN(CCCCCC[P+](c2ccccc2-c2ccccc2N(C)C)(C2CCCCC2)C2CCCCC2)[C@H](C)[C@@H](O)[C@]1(C)O. The van der Waals surface area contributed by atoms with E-state index in [1.807, 2.05) is 53.6 Å². The molecule has 0 spiro atoms. The van der Waals surface area contributed by atoms with Gasteiger partial charge in [-0.15, -0.1) is 0 Å². The van der Waals surface area contributed by atoms with Crippen LogP contribution in [0.3, 0.4) is 0 Å². The number of benzene rings is 2. The van der Waals surface area contributed by atoms with Gasteiger partial charge < -0.3 is 59.0 Å². The number of anilines is 1. The summed E-state index contributed by atoms with van der Waals surface area (Å²) in [5, 5.41) is 63.5. The molecule has 478 valence electrons. The van der Waals surface area contributed by atoms with Crippen LogP contribution in [-0.4, -0.2) is 191 Å². The lowest BCUT2D eigenvalue weighted by atomic mass is 9.68. The molecule has 0 aromatic heterocycles. The van der Waals surface area contributed by atoms with E-state index in [1.54, 1.807) is 40.1 Å². The van der Waals surface area contributed by atoms with Gasteiger partial charge in [-0.3, -0.25) is 9.69 Å². The van der Waals surface area contributed by atoms with Crippen molar-refractivity contribution in [2.45, 2.75) is 280 Å². The first-order valence-corrected chi connectivity index (χ1v) is 35.2. The predicted molar refractivity (Wildman–Crippen MR) is 342 cm³/mol. The van der Waals surface area contributed by atoms with Gasteiger partial charge in [0.2, 0.25) is 0 Å². The van der Waals surface area contributed by atoms with E-state index >= 15 is 0 Å². The molecule has 18 atom stereocenters. The Morgan fingerprint density at radius 3 is 1.94 bits per heavy atom. The smallest absolute Gasteiger partial charge is 0.309 e. The molecule has 5 fully saturated rings. The van der Waals surface area contributed by atoms with Crippen molar-refractivity contribution >= 4 is 24.2 Å². The average Bonchev–Trinajstić information content (AvgIpc) is 1.20. The van der Waals surface area contributed by atoms with Crippen LogP contribution in [-0.2, 0) is 28.5 Å². The normalized spacial score (nSPS) is 38.0. The summed E-state index contributed by atoms with van der Waals surface area (Å²) in [6.45, 7) is 19.9. The largest absolute Gasteiger partial charge is 0.459 e. The zero-order valence-electron chi connectivity index (χ0n) is 54.8. The zero-order chi connectivity index (χ0) is 61.5. The van der Waals surface area contributed by atoms with Gasteiger partial charge in [-0.1, -0.05) is 83.4 Å². The van der Waals surface area contributed by atoms with Gasteiger partial charge >= 0.3 is 5.97 Å². The molecule has 84 heavy (non-hydrogen) atoms. The van der Waals surface area contributed by atoms with E-state index in [-0.39, 0.29) is 37.3 Å². The van der Waals surface area contributed by atoms with Crippen LogP contribution in [0.1, 0.15) is 185 Å². The van der Waals surface area contributed by atoms with Crippen LogP contribution in [0.4, 0.5) is 5.69 Å². The summed E-state index contributed by atoms with van der Waals surface area (Å²) in [6.07, 6.45) is 12.0. The molecule has 5 N–H and O–H groups in total. The minimum absolute atomic E-state index is 0.156. The maximum Gasteiger partial charge on any atom is 0.309 e. The van der Waals surface area contributed by atoms with Crippen LogP contribution < -0.4 is 10.2 Å². The molecule has 14 nitrogen and oxygen atoms in total. The zero-order valence-corrected chi connectivity index (χ0v) is 55.7. The average molecular weight is 1200 g/mol.